The van der Waals surface area contributed by atoms with Crippen molar-refractivity contribution in [3.05, 3.63) is 59.7 Å². The zero-order valence-corrected chi connectivity index (χ0v) is 18.0. The Bertz CT molecular complexity index is 1260. The van der Waals surface area contributed by atoms with Crippen LogP contribution >= 0.6 is 0 Å². The van der Waals surface area contributed by atoms with Crippen LogP contribution in [0, 0.1) is 24.7 Å². The van der Waals surface area contributed by atoms with Crippen molar-refractivity contribution in [2.24, 2.45) is 17.8 Å². The van der Waals surface area contributed by atoms with Crippen LogP contribution in [0.3, 0.4) is 0 Å². The summed E-state index contributed by atoms with van der Waals surface area (Å²) < 4.78 is 0. The summed E-state index contributed by atoms with van der Waals surface area (Å²) in [5, 5.41) is 10.3. The molecule has 1 aliphatic carbocycles. The first-order chi connectivity index (χ1) is 15.3. The molecule has 2 fully saturated rings. The lowest BCUT2D eigenvalue weighted by atomic mass is 9.76. The molecule has 0 radical (unpaired) electrons. The first kappa shape index (κ1) is 20.4. The molecular weight excluding hydrogens is 404 g/mol. The number of aromatic nitrogens is 1. The lowest BCUT2D eigenvalue weighted by Crippen LogP contribution is -2.30. The summed E-state index contributed by atoms with van der Waals surface area (Å²) in [7, 11) is 0. The molecule has 3 aromatic rings. The Labute approximate surface area is 185 Å². The summed E-state index contributed by atoms with van der Waals surface area (Å²) in [5.41, 5.74) is 3.59. The van der Waals surface area contributed by atoms with E-state index in [4.69, 9.17) is 0 Å². The second-order valence-electron chi connectivity index (χ2n) is 9.07. The number of carboxylic acid groups (broad SMARTS) is 1. The number of rotatable bonds is 3. The van der Waals surface area contributed by atoms with Gasteiger partial charge in [-0.15, -0.1) is 0 Å². The predicted molar refractivity (Wildman–Crippen MR) is 121 cm³/mol. The van der Waals surface area contributed by atoms with Gasteiger partial charge in [0.15, 0.2) is 0 Å². The number of benzene rings is 2. The van der Waals surface area contributed by atoms with Crippen LogP contribution in [0.15, 0.2) is 48.5 Å². The highest BCUT2D eigenvalue weighted by Gasteiger charge is 2.49. The van der Waals surface area contributed by atoms with Crippen molar-refractivity contribution in [2.45, 2.75) is 33.1 Å². The molecule has 32 heavy (non-hydrogen) atoms. The molecule has 1 aliphatic heterocycles. The summed E-state index contributed by atoms with van der Waals surface area (Å²) in [5.74, 6) is -1.18. The van der Waals surface area contributed by atoms with Gasteiger partial charge < -0.3 is 5.11 Å². The minimum Gasteiger partial charge on any atom is -0.478 e. The Hall–Kier alpha value is -3.54. The molecule has 2 heterocycles. The van der Waals surface area contributed by atoms with Crippen molar-refractivity contribution in [1.29, 1.82) is 0 Å². The van der Waals surface area contributed by atoms with Crippen LogP contribution in [0.4, 0.5) is 5.69 Å². The van der Waals surface area contributed by atoms with E-state index < -0.39 is 5.97 Å². The Morgan fingerprint density at radius 3 is 2.44 bits per heavy atom. The van der Waals surface area contributed by atoms with Crippen LogP contribution in [0.2, 0.25) is 0 Å². The molecule has 6 nitrogen and oxygen atoms in total. The van der Waals surface area contributed by atoms with Crippen molar-refractivity contribution in [2.75, 3.05) is 4.90 Å². The topological polar surface area (TPSA) is 87.6 Å². The fourth-order valence-electron chi connectivity index (χ4n) is 5.09. The zero-order valence-electron chi connectivity index (χ0n) is 18.0. The number of carbonyl (C=O) groups is 3. The van der Waals surface area contributed by atoms with Crippen LogP contribution in [0.1, 0.15) is 42.1 Å². The van der Waals surface area contributed by atoms with Crippen molar-refractivity contribution in [3.63, 3.8) is 0 Å². The number of pyridine rings is 1. The second-order valence-corrected chi connectivity index (χ2v) is 9.07. The Balaban J connectivity index is 1.50. The molecular formula is C26H24N2O4. The van der Waals surface area contributed by atoms with Gasteiger partial charge in [0, 0.05) is 10.9 Å². The molecule has 1 saturated heterocycles. The highest BCUT2D eigenvalue weighted by Crippen LogP contribution is 2.42. The minimum atomic E-state index is -1.01. The Morgan fingerprint density at radius 2 is 1.72 bits per heavy atom. The predicted octanol–water partition coefficient (Wildman–Crippen LogP) is 4.83. The Kier molecular flexibility index (Phi) is 4.81. The molecule has 0 spiro atoms. The van der Waals surface area contributed by atoms with Crippen LogP contribution in [0.25, 0.3) is 22.2 Å². The number of hydrogen-bond acceptors (Lipinski definition) is 4. The third kappa shape index (κ3) is 3.27. The largest absolute Gasteiger partial charge is 0.478 e. The van der Waals surface area contributed by atoms with Crippen molar-refractivity contribution >= 4 is 34.4 Å². The monoisotopic (exact) mass is 428 g/mol. The number of carbonyl (C=O) groups excluding carboxylic acids is 2. The first-order valence-corrected chi connectivity index (χ1v) is 11.0. The van der Waals surface area contributed by atoms with Gasteiger partial charge >= 0.3 is 5.97 Å². The van der Waals surface area contributed by atoms with Gasteiger partial charge in [0.1, 0.15) is 0 Å². The highest BCUT2D eigenvalue weighted by atomic mass is 16.4. The fourth-order valence-corrected chi connectivity index (χ4v) is 5.09. The molecule has 1 saturated carbocycles. The third-order valence-corrected chi connectivity index (χ3v) is 6.80. The van der Waals surface area contributed by atoms with Crippen LogP contribution in [-0.2, 0) is 9.59 Å². The van der Waals surface area contributed by atoms with E-state index in [-0.39, 0.29) is 29.2 Å². The summed E-state index contributed by atoms with van der Waals surface area (Å²) in [6.45, 7) is 4.05. The highest BCUT2D eigenvalue weighted by molar-refractivity contribution is 6.22. The van der Waals surface area contributed by atoms with Gasteiger partial charge in [0.25, 0.3) is 0 Å². The maximum Gasteiger partial charge on any atom is 0.336 e. The van der Waals surface area contributed by atoms with E-state index in [1.54, 1.807) is 30.3 Å². The quantitative estimate of drug-likeness (QED) is 0.604. The lowest BCUT2D eigenvalue weighted by molar-refractivity contribution is -0.122. The molecule has 3 atom stereocenters. The van der Waals surface area contributed by atoms with Gasteiger partial charge in [-0.2, -0.15) is 0 Å². The number of hydrogen-bond donors (Lipinski definition) is 1. The van der Waals surface area contributed by atoms with Crippen LogP contribution in [0.5, 0.6) is 0 Å². The molecule has 2 aromatic carbocycles. The molecule has 0 unspecified atom stereocenters. The summed E-state index contributed by atoms with van der Waals surface area (Å²) >= 11 is 0. The van der Waals surface area contributed by atoms with Crippen molar-refractivity contribution in [3.8, 4) is 11.3 Å². The van der Waals surface area contributed by atoms with Gasteiger partial charge in [-0.25, -0.2) is 9.78 Å². The normalized spacial score (nSPS) is 22.9. The maximum absolute atomic E-state index is 13.0. The van der Waals surface area contributed by atoms with Gasteiger partial charge in [-0.3, -0.25) is 14.5 Å². The van der Waals surface area contributed by atoms with Crippen LogP contribution < -0.4 is 4.90 Å². The third-order valence-electron chi connectivity index (χ3n) is 6.80. The standard InChI is InChI=1S/C26H24N2O4/c1-14-3-9-18-20(12-14)25(30)28(24(18)29)17-7-5-16(6-8-17)23-13-21(26(31)32)19-11-15(2)4-10-22(19)27-23/h4-8,10-11,13-14,18,20H,3,9,12H2,1-2H3,(H,31,32)/t14-,18+,20+/m0/s1. The molecule has 162 valence electrons. The molecule has 1 N–H and O–H groups in total. The Morgan fingerprint density at radius 1 is 1.00 bits per heavy atom. The SMILES string of the molecule is Cc1ccc2nc(-c3ccc(N4C(=O)[C@@H]5CC[C@H](C)C[C@H]5C4=O)cc3)cc(C(=O)O)c2c1. The van der Waals surface area contributed by atoms with Gasteiger partial charge in [-0.05, 0) is 62.4 Å². The van der Waals surface area contributed by atoms with E-state index in [0.717, 1.165) is 30.4 Å². The molecule has 6 heteroatoms. The number of amides is 2. The summed E-state index contributed by atoms with van der Waals surface area (Å²) in [4.78, 5) is 43.7. The van der Waals surface area contributed by atoms with Crippen molar-refractivity contribution in [1.82, 2.24) is 4.98 Å². The summed E-state index contributed by atoms with van der Waals surface area (Å²) in [6.07, 6.45) is 2.51. The number of nitrogens with zero attached hydrogens (tertiary/aromatic N) is 2. The smallest absolute Gasteiger partial charge is 0.336 e. The van der Waals surface area contributed by atoms with Crippen LogP contribution in [-0.4, -0.2) is 27.9 Å². The van der Waals surface area contributed by atoms with Gasteiger partial charge in [-0.1, -0.05) is 30.7 Å². The average Bonchev–Trinajstić information content (AvgIpc) is 3.02. The van der Waals surface area contributed by atoms with E-state index in [9.17, 15) is 19.5 Å². The fraction of sp³-hybridized carbons (Fsp3) is 0.308. The molecule has 5 rings (SSSR count). The maximum atomic E-state index is 13.0. The number of fused-ring (bicyclic) bond motifs is 2. The van der Waals surface area contributed by atoms with E-state index in [0.29, 0.717) is 28.2 Å². The van der Waals surface area contributed by atoms with E-state index in [2.05, 4.69) is 11.9 Å². The molecule has 2 aliphatic rings. The number of imide groups is 1. The van der Waals surface area contributed by atoms with Gasteiger partial charge in [0.2, 0.25) is 11.8 Å². The average molecular weight is 428 g/mol. The number of carboxylic acids is 1. The van der Waals surface area contributed by atoms with Gasteiger partial charge in [0.05, 0.1) is 34.3 Å². The molecule has 1 aromatic heterocycles. The minimum absolute atomic E-state index is 0.105. The second kappa shape index (κ2) is 7.55. The lowest BCUT2D eigenvalue weighted by Gasteiger charge is -2.25. The zero-order chi connectivity index (χ0) is 22.6. The van der Waals surface area contributed by atoms with E-state index in [1.807, 2.05) is 25.1 Å². The molecule has 0 bridgehead atoms. The number of aryl methyl sites for hydroxylation is 1. The summed E-state index contributed by atoms with van der Waals surface area (Å²) in [6, 6.07) is 14.2. The van der Waals surface area contributed by atoms with E-state index >= 15 is 0 Å². The number of anilines is 1. The van der Waals surface area contributed by atoms with E-state index in [1.165, 1.54) is 4.90 Å². The first-order valence-electron chi connectivity index (χ1n) is 11.0. The molecule has 2 amide bonds. The number of aromatic carboxylic acids is 1. The van der Waals surface area contributed by atoms with Crippen molar-refractivity contribution < 1.29 is 19.5 Å².